The average Bonchev–Trinajstić information content (AvgIpc) is 2.49. The largest absolute Gasteiger partial charge is 0.256 e. The lowest BCUT2D eigenvalue weighted by Crippen LogP contribution is -1.87. The van der Waals surface area contributed by atoms with Gasteiger partial charge in [-0.1, -0.05) is 51.8 Å². The van der Waals surface area contributed by atoms with Gasteiger partial charge in [0, 0.05) is 21.3 Å². The van der Waals surface area contributed by atoms with Gasteiger partial charge < -0.3 is 0 Å². The van der Waals surface area contributed by atoms with Crippen LogP contribution in [0.2, 0.25) is 5.02 Å². The molecule has 1 nitrogen and oxygen atoms in total. The standard InChI is InChI=1S/C17H11BrClN/c18-13-6-9-15(17-3-1-2-10-20-17)16(11-13)12-4-7-14(19)8-5-12/h1-11H. The topological polar surface area (TPSA) is 12.9 Å². The molecule has 0 saturated carbocycles. The number of pyridine rings is 1. The first kappa shape index (κ1) is 13.3. The van der Waals surface area contributed by atoms with Gasteiger partial charge in [-0.15, -0.1) is 0 Å². The van der Waals surface area contributed by atoms with Gasteiger partial charge in [0.25, 0.3) is 0 Å². The minimum absolute atomic E-state index is 0.739. The third-order valence-electron chi connectivity index (χ3n) is 3.08. The molecular formula is C17H11BrClN. The Balaban J connectivity index is 2.19. The van der Waals surface area contributed by atoms with Crippen molar-refractivity contribution in [1.29, 1.82) is 0 Å². The molecule has 0 bridgehead atoms. The Bertz CT molecular complexity index is 724. The summed E-state index contributed by atoms with van der Waals surface area (Å²) >= 11 is 9.50. The van der Waals surface area contributed by atoms with E-state index in [1.165, 1.54) is 0 Å². The highest BCUT2D eigenvalue weighted by molar-refractivity contribution is 9.10. The minimum Gasteiger partial charge on any atom is -0.256 e. The first-order valence-electron chi connectivity index (χ1n) is 6.21. The monoisotopic (exact) mass is 343 g/mol. The molecule has 0 saturated heterocycles. The van der Waals surface area contributed by atoms with Gasteiger partial charge in [0.2, 0.25) is 0 Å². The van der Waals surface area contributed by atoms with E-state index in [0.717, 1.165) is 31.9 Å². The molecule has 0 radical (unpaired) electrons. The second-order valence-corrected chi connectivity index (χ2v) is 5.76. The summed E-state index contributed by atoms with van der Waals surface area (Å²) < 4.78 is 1.04. The predicted octanol–water partition coefficient (Wildman–Crippen LogP) is 5.83. The lowest BCUT2D eigenvalue weighted by molar-refractivity contribution is 1.32. The Morgan fingerprint density at radius 1 is 0.850 bits per heavy atom. The second kappa shape index (κ2) is 5.78. The van der Waals surface area contributed by atoms with Crippen LogP contribution in [0, 0.1) is 0 Å². The number of hydrogen-bond donors (Lipinski definition) is 0. The van der Waals surface area contributed by atoms with Crippen LogP contribution >= 0.6 is 27.5 Å². The van der Waals surface area contributed by atoms with Crippen molar-refractivity contribution in [3.8, 4) is 22.4 Å². The smallest absolute Gasteiger partial charge is 0.0708 e. The molecule has 2 aromatic carbocycles. The summed E-state index contributed by atoms with van der Waals surface area (Å²) in [4.78, 5) is 4.44. The van der Waals surface area contributed by atoms with Crippen LogP contribution in [-0.2, 0) is 0 Å². The number of hydrogen-bond acceptors (Lipinski definition) is 1. The molecule has 0 aliphatic heterocycles. The van der Waals surface area contributed by atoms with Gasteiger partial charge in [-0.2, -0.15) is 0 Å². The average molecular weight is 345 g/mol. The number of nitrogens with zero attached hydrogens (tertiary/aromatic N) is 1. The molecule has 0 fully saturated rings. The van der Waals surface area contributed by atoms with Crippen molar-refractivity contribution in [2.75, 3.05) is 0 Å². The van der Waals surface area contributed by atoms with Gasteiger partial charge >= 0.3 is 0 Å². The van der Waals surface area contributed by atoms with Crippen LogP contribution < -0.4 is 0 Å². The lowest BCUT2D eigenvalue weighted by Gasteiger charge is -2.10. The van der Waals surface area contributed by atoms with Crippen LogP contribution in [0.5, 0.6) is 0 Å². The van der Waals surface area contributed by atoms with Crippen molar-refractivity contribution < 1.29 is 0 Å². The molecule has 1 heterocycles. The van der Waals surface area contributed by atoms with Crippen LogP contribution in [0.25, 0.3) is 22.4 Å². The number of halogens is 2. The molecule has 1 aromatic heterocycles. The highest BCUT2D eigenvalue weighted by atomic mass is 79.9. The van der Waals surface area contributed by atoms with Gasteiger partial charge in [0.05, 0.1) is 5.69 Å². The van der Waals surface area contributed by atoms with E-state index in [2.05, 4.69) is 33.0 Å². The molecule has 0 N–H and O–H groups in total. The third-order valence-corrected chi connectivity index (χ3v) is 3.82. The van der Waals surface area contributed by atoms with Crippen molar-refractivity contribution in [3.05, 3.63) is 76.4 Å². The van der Waals surface area contributed by atoms with Gasteiger partial charge in [-0.25, -0.2) is 0 Å². The van der Waals surface area contributed by atoms with Crippen LogP contribution in [0.3, 0.4) is 0 Å². The maximum atomic E-state index is 5.97. The fourth-order valence-electron chi connectivity index (χ4n) is 2.13. The number of aromatic nitrogens is 1. The molecule has 98 valence electrons. The molecule has 20 heavy (non-hydrogen) atoms. The van der Waals surface area contributed by atoms with Gasteiger partial charge in [0.1, 0.15) is 0 Å². The minimum atomic E-state index is 0.739. The summed E-state index contributed by atoms with van der Waals surface area (Å²) in [5.41, 5.74) is 4.33. The van der Waals surface area contributed by atoms with Gasteiger partial charge in [-0.05, 0) is 47.5 Å². The number of benzene rings is 2. The van der Waals surface area contributed by atoms with Crippen LogP contribution in [0.4, 0.5) is 0 Å². The van der Waals surface area contributed by atoms with E-state index in [-0.39, 0.29) is 0 Å². The van der Waals surface area contributed by atoms with Gasteiger partial charge in [0.15, 0.2) is 0 Å². The first-order valence-corrected chi connectivity index (χ1v) is 7.38. The molecule has 3 heteroatoms. The van der Waals surface area contributed by atoms with E-state index in [9.17, 15) is 0 Å². The molecule has 3 aromatic rings. The quantitative estimate of drug-likeness (QED) is 0.570. The molecular weight excluding hydrogens is 334 g/mol. The van der Waals surface area contributed by atoms with E-state index < -0.39 is 0 Å². The van der Waals surface area contributed by atoms with E-state index in [1.807, 2.05) is 54.7 Å². The Kier molecular flexibility index (Phi) is 3.86. The maximum Gasteiger partial charge on any atom is 0.0708 e. The van der Waals surface area contributed by atoms with Crippen molar-refractivity contribution in [2.24, 2.45) is 0 Å². The molecule has 0 atom stereocenters. The SMILES string of the molecule is Clc1ccc(-c2cc(Br)ccc2-c2ccccn2)cc1. The van der Waals surface area contributed by atoms with E-state index in [1.54, 1.807) is 0 Å². The summed E-state index contributed by atoms with van der Waals surface area (Å²) in [5.74, 6) is 0. The van der Waals surface area contributed by atoms with E-state index >= 15 is 0 Å². The Labute approximate surface area is 131 Å². The predicted molar refractivity (Wildman–Crippen MR) is 87.8 cm³/mol. The van der Waals surface area contributed by atoms with Gasteiger partial charge in [-0.3, -0.25) is 4.98 Å². The zero-order valence-electron chi connectivity index (χ0n) is 10.6. The van der Waals surface area contributed by atoms with Crippen molar-refractivity contribution >= 4 is 27.5 Å². The van der Waals surface area contributed by atoms with E-state index in [4.69, 9.17) is 11.6 Å². The van der Waals surface area contributed by atoms with Crippen LogP contribution in [0.15, 0.2) is 71.3 Å². The molecule has 0 aliphatic rings. The van der Waals surface area contributed by atoms with Crippen molar-refractivity contribution in [3.63, 3.8) is 0 Å². The fourth-order valence-corrected chi connectivity index (χ4v) is 2.62. The molecule has 0 aliphatic carbocycles. The zero-order chi connectivity index (χ0) is 13.9. The number of rotatable bonds is 2. The first-order chi connectivity index (χ1) is 9.74. The van der Waals surface area contributed by atoms with Crippen LogP contribution in [-0.4, -0.2) is 4.98 Å². The van der Waals surface area contributed by atoms with Crippen molar-refractivity contribution in [1.82, 2.24) is 4.98 Å². The Hall–Kier alpha value is -1.64. The van der Waals surface area contributed by atoms with Crippen LogP contribution in [0.1, 0.15) is 0 Å². The second-order valence-electron chi connectivity index (χ2n) is 4.41. The highest BCUT2D eigenvalue weighted by Gasteiger charge is 2.09. The summed E-state index contributed by atoms with van der Waals surface area (Å²) in [6, 6.07) is 20.0. The molecule has 0 unspecified atom stereocenters. The highest BCUT2D eigenvalue weighted by Crippen LogP contribution is 2.33. The summed E-state index contributed by atoms with van der Waals surface area (Å²) in [6.07, 6.45) is 1.81. The Morgan fingerprint density at radius 3 is 2.35 bits per heavy atom. The zero-order valence-corrected chi connectivity index (χ0v) is 12.9. The summed E-state index contributed by atoms with van der Waals surface area (Å²) in [7, 11) is 0. The lowest BCUT2D eigenvalue weighted by atomic mass is 9.97. The molecule has 0 amide bonds. The third kappa shape index (κ3) is 2.77. The Morgan fingerprint density at radius 2 is 1.65 bits per heavy atom. The summed E-state index contributed by atoms with van der Waals surface area (Å²) in [5, 5.41) is 0.739. The summed E-state index contributed by atoms with van der Waals surface area (Å²) in [6.45, 7) is 0. The maximum absolute atomic E-state index is 5.97. The van der Waals surface area contributed by atoms with Crippen molar-refractivity contribution in [2.45, 2.75) is 0 Å². The molecule has 0 spiro atoms. The fraction of sp³-hybridized carbons (Fsp3) is 0. The molecule has 3 rings (SSSR count). The normalized spacial score (nSPS) is 10.5. The van der Waals surface area contributed by atoms with E-state index in [0.29, 0.717) is 0 Å².